The number of carbonyl (C=O) groups excluding carboxylic acids is 1. The van der Waals surface area contributed by atoms with E-state index in [4.69, 9.17) is 9.47 Å². The smallest absolute Gasteiger partial charge is 0.261 e. The predicted molar refractivity (Wildman–Crippen MR) is 82.7 cm³/mol. The zero-order valence-corrected chi connectivity index (χ0v) is 13.0. The molecule has 0 saturated carbocycles. The quantitative estimate of drug-likeness (QED) is 0.785. The molecule has 1 N–H and O–H groups in total. The molecule has 0 heterocycles. The Bertz CT molecular complexity index is 473. The maximum Gasteiger partial charge on any atom is 0.261 e. The molecule has 1 aliphatic rings. The Morgan fingerprint density at radius 1 is 1.29 bits per heavy atom. The fourth-order valence-electron chi connectivity index (χ4n) is 2.66. The number of carbonyl (C=O) groups is 1. The van der Waals surface area contributed by atoms with Gasteiger partial charge >= 0.3 is 0 Å². The number of rotatable bonds is 7. The minimum absolute atomic E-state index is 0.0766. The molecular weight excluding hydrogens is 266 g/mol. The van der Waals surface area contributed by atoms with Gasteiger partial charge in [0.15, 0.2) is 6.10 Å². The molecule has 0 saturated heterocycles. The summed E-state index contributed by atoms with van der Waals surface area (Å²) in [4.78, 5) is 12.1. The van der Waals surface area contributed by atoms with Gasteiger partial charge in [-0.3, -0.25) is 4.79 Å². The third-order valence-corrected chi connectivity index (χ3v) is 3.87. The Morgan fingerprint density at radius 2 is 2.05 bits per heavy atom. The van der Waals surface area contributed by atoms with E-state index in [1.54, 1.807) is 7.11 Å². The molecule has 116 valence electrons. The Labute approximate surface area is 126 Å². The van der Waals surface area contributed by atoms with Crippen molar-refractivity contribution < 1.29 is 14.3 Å². The molecule has 1 aliphatic carbocycles. The van der Waals surface area contributed by atoms with Gasteiger partial charge in [0.05, 0.1) is 6.61 Å². The van der Waals surface area contributed by atoms with E-state index in [2.05, 4.69) is 17.4 Å². The van der Waals surface area contributed by atoms with E-state index in [1.165, 1.54) is 24.0 Å². The van der Waals surface area contributed by atoms with Gasteiger partial charge in [-0.25, -0.2) is 0 Å². The van der Waals surface area contributed by atoms with Crippen molar-refractivity contribution in [3.63, 3.8) is 0 Å². The zero-order valence-electron chi connectivity index (χ0n) is 13.0. The lowest BCUT2D eigenvalue weighted by molar-refractivity contribution is -0.128. The average Bonchev–Trinajstić information content (AvgIpc) is 2.52. The molecule has 0 aliphatic heterocycles. The number of amides is 1. The van der Waals surface area contributed by atoms with E-state index in [0.29, 0.717) is 19.6 Å². The molecule has 0 radical (unpaired) electrons. The van der Waals surface area contributed by atoms with Gasteiger partial charge in [-0.15, -0.1) is 0 Å². The fourth-order valence-corrected chi connectivity index (χ4v) is 2.66. The molecular formula is C17H25NO3. The largest absolute Gasteiger partial charge is 0.481 e. The summed E-state index contributed by atoms with van der Waals surface area (Å²) in [5, 5.41) is 2.83. The van der Waals surface area contributed by atoms with Crippen LogP contribution in [-0.2, 0) is 22.4 Å². The second-order valence-electron chi connectivity index (χ2n) is 5.44. The molecule has 0 spiro atoms. The molecule has 2 rings (SSSR count). The first-order valence-corrected chi connectivity index (χ1v) is 7.79. The van der Waals surface area contributed by atoms with Gasteiger partial charge in [0.2, 0.25) is 0 Å². The van der Waals surface area contributed by atoms with Crippen LogP contribution in [0.25, 0.3) is 0 Å². The highest BCUT2D eigenvalue weighted by Gasteiger charge is 2.18. The van der Waals surface area contributed by atoms with Crippen LogP contribution in [-0.4, -0.2) is 32.3 Å². The number of hydrogen-bond acceptors (Lipinski definition) is 3. The molecule has 0 unspecified atom stereocenters. The maximum absolute atomic E-state index is 12.1. The Hall–Kier alpha value is -1.55. The number of hydrogen-bond donors (Lipinski definition) is 1. The van der Waals surface area contributed by atoms with Crippen LogP contribution in [0.4, 0.5) is 0 Å². The van der Waals surface area contributed by atoms with Gasteiger partial charge in [0, 0.05) is 13.7 Å². The van der Waals surface area contributed by atoms with Crippen LogP contribution in [0.5, 0.6) is 5.75 Å². The van der Waals surface area contributed by atoms with Crippen LogP contribution in [0.3, 0.4) is 0 Å². The fraction of sp³-hybridized carbons (Fsp3) is 0.588. The van der Waals surface area contributed by atoms with Crippen molar-refractivity contribution in [1.29, 1.82) is 0 Å². The average molecular weight is 291 g/mol. The van der Waals surface area contributed by atoms with Crippen molar-refractivity contribution in [1.82, 2.24) is 5.32 Å². The van der Waals surface area contributed by atoms with E-state index in [1.807, 2.05) is 13.0 Å². The number of nitrogens with one attached hydrogen (secondary N) is 1. The second-order valence-corrected chi connectivity index (χ2v) is 5.44. The van der Waals surface area contributed by atoms with Gasteiger partial charge in [0.25, 0.3) is 5.91 Å². The molecule has 4 nitrogen and oxygen atoms in total. The van der Waals surface area contributed by atoms with Crippen LogP contribution < -0.4 is 10.1 Å². The summed E-state index contributed by atoms with van der Waals surface area (Å²) in [6.45, 7) is 2.99. The third-order valence-electron chi connectivity index (χ3n) is 3.87. The number of benzene rings is 1. The summed E-state index contributed by atoms with van der Waals surface area (Å²) >= 11 is 0. The van der Waals surface area contributed by atoms with E-state index in [9.17, 15) is 4.79 Å². The first-order valence-electron chi connectivity index (χ1n) is 7.79. The molecule has 0 fully saturated rings. The molecule has 1 aromatic rings. The summed E-state index contributed by atoms with van der Waals surface area (Å²) in [6.07, 6.45) is 4.99. The van der Waals surface area contributed by atoms with Crippen molar-refractivity contribution in [3.8, 4) is 5.75 Å². The third kappa shape index (κ3) is 4.46. The summed E-state index contributed by atoms with van der Waals surface area (Å²) in [7, 11) is 1.62. The van der Waals surface area contributed by atoms with E-state index >= 15 is 0 Å². The number of ether oxygens (including phenoxy) is 2. The molecule has 4 heteroatoms. The van der Waals surface area contributed by atoms with Crippen LogP contribution >= 0.6 is 0 Å². The number of fused-ring (bicyclic) bond motifs is 1. The minimum atomic E-state index is -0.441. The summed E-state index contributed by atoms with van der Waals surface area (Å²) < 4.78 is 10.8. The standard InChI is InChI=1S/C17H25NO3/c1-3-16(17(19)18-10-11-20-2)21-15-9-8-13-6-4-5-7-14(13)12-15/h8-9,12,16H,3-7,10-11H2,1-2H3,(H,18,19)/t16-/m1/s1. The van der Waals surface area contributed by atoms with Crippen molar-refractivity contribution in [2.75, 3.05) is 20.3 Å². The van der Waals surface area contributed by atoms with Gasteiger partial charge in [-0.05, 0) is 55.4 Å². The van der Waals surface area contributed by atoms with Crippen molar-refractivity contribution in [2.45, 2.75) is 45.1 Å². The van der Waals surface area contributed by atoms with Gasteiger partial charge in [-0.2, -0.15) is 0 Å². The first-order chi connectivity index (χ1) is 10.2. The van der Waals surface area contributed by atoms with Crippen molar-refractivity contribution >= 4 is 5.91 Å². The SMILES string of the molecule is CC[C@@H](Oc1ccc2c(c1)CCCC2)C(=O)NCCOC. The molecule has 1 atom stereocenters. The van der Waals surface area contributed by atoms with Gasteiger partial charge in [-0.1, -0.05) is 13.0 Å². The Balaban J connectivity index is 1.96. The number of methoxy groups -OCH3 is 1. The van der Waals surface area contributed by atoms with Crippen LogP contribution in [0, 0.1) is 0 Å². The molecule has 0 aromatic heterocycles. The van der Waals surface area contributed by atoms with Crippen LogP contribution in [0.1, 0.15) is 37.3 Å². The summed E-state index contributed by atoms with van der Waals surface area (Å²) in [6, 6.07) is 6.22. The first kappa shape index (κ1) is 15.8. The zero-order chi connectivity index (χ0) is 15.1. The van der Waals surface area contributed by atoms with E-state index in [-0.39, 0.29) is 5.91 Å². The lowest BCUT2D eigenvalue weighted by Crippen LogP contribution is -2.39. The molecule has 21 heavy (non-hydrogen) atoms. The van der Waals surface area contributed by atoms with E-state index < -0.39 is 6.10 Å². The topological polar surface area (TPSA) is 47.6 Å². The Kier molecular flexibility index (Phi) is 6.05. The summed E-state index contributed by atoms with van der Waals surface area (Å²) in [5.41, 5.74) is 2.79. The van der Waals surface area contributed by atoms with Crippen LogP contribution in [0.2, 0.25) is 0 Å². The lowest BCUT2D eigenvalue weighted by Gasteiger charge is -2.20. The highest BCUT2D eigenvalue weighted by molar-refractivity contribution is 5.81. The predicted octanol–water partition coefficient (Wildman–Crippen LogP) is 2.49. The number of aryl methyl sites for hydroxylation is 2. The highest BCUT2D eigenvalue weighted by Crippen LogP contribution is 2.26. The van der Waals surface area contributed by atoms with Gasteiger partial charge in [0.1, 0.15) is 5.75 Å². The monoisotopic (exact) mass is 291 g/mol. The van der Waals surface area contributed by atoms with Crippen molar-refractivity contribution in [2.24, 2.45) is 0 Å². The highest BCUT2D eigenvalue weighted by atomic mass is 16.5. The minimum Gasteiger partial charge on any atom is -0.481 e. The van der Waals surface area contributed by atoms with Crippen molar-refractivity contribution in [3.05, 3.63) is 29.3 Å². The Morgan fingerprint density at radius 3 is 2.76 bits per heavy atom. The van der Waals surface area contributed by atoms with E-state index in [0.717, 1.165) is 18.6 Å². The second kappa shape index (κ2) is 8.03. The molecule has 1 aromatic carbocycles. The molecule has 0 bridgehead atoms. The van der Waals surface area contributed by atoms with Gasteiger partial charge < -0.3 is 14.8 Å². The van der Waals surface area contributed by atoms with Crippen LogP contribution in [0.15, 0.2) is 18.2 Å². The molecule has 1 amide bonds. The maximum atomic E-state index is 12.1. The summed E-state index contributed by atoms with van der Waals surface area (Å²) in [5.74, 6) is 0.719. The lowest BCUT2D eigenvalue weighted by atomic mass is 9.92. The normalized spacial score (nSPS) is 15.1.